The average Bonchev–Trinajstić information content (AvgIpc) is 2.47. The fourth-order valence-electron chi connectivity index (χ4n) is 1.82. The fourth-order valence-corrected chi connectivity index (χ4v) is 1.88. The zero-order chi connectivity index (χ0) is 15.1. The number of rotatable bonds is 6. The number of carbonyl (C=O) groups excluding carboxylic acids is 1. The highest BCUT2D eigenvalue weighted by Gasteiger charge is 2.08. The molecule has 0 aliphatic carbocycles. The van der Waals surface area contributed by atoms with Crippen LogP contribution in [0.15, 0.2) is 54.6 Å². The number of anilines is 1. The molecule has 0 spiro atoms. The summed E-state index contributed by atoms with van der Waals surface area (Å²) in [6.45, 7) is 0.140. The van der Waals surface area contributed by atoms with Crippen molar-refractivity contribution < 1.29 is 9.53 Å². The molecule has 0 unspecified atom stereocenters. The number of hydrogen-bond donors (Lipinski definition) is 2. The molecule has 2 aromatic rings. The van der Waals surface area contributed by atoms with E-state index in [1.807, 2.05) is 42.5 Å². The molecular weight excluding hydrogens is 284 g/mol. The van der Waals surface area contributed by atoms with Gasteiger partial charge in [0.25, 0.3) is 0 Å². The molecule has 0 aromatic heterocycles. The SMILES string of the molecule is NC(=S)COc1ccccc1NC(=O)Cc1ccccc1. The number of nitrogens with one attached hydrogen (secondary N) is 1. The van der Waals surface area contributed by atoms with Crippen LogP contribution < -0.4 is 15.8 Å². The zero-order valence-corrected chi connectivity index (χ0v) is 12.2. The minimum atomic E-state index is -0.104. The number of amides is 1. The first kappa shape index (κ1) is 15.0. The Morgan fingerprint density at radius 2 is 1.76 bits per heavy atom. The van der Waals surface area contributed by atoms with Gasteiger partial charge in [-0.3, -0.25) is 4.79 Å². The van der Waals surface area contributed by atoms with Gasteiger partial charge in [-0.2, -0.15) is 0 Å². The van der Waals surface area contributed by atoms with Crippen LogP contribution >= 0.6 is 12.2 Å². The molecule has 2 aromatic carbocycles. The van der Waals surface area contributed by atoms with E-state index in [2.05, 4.69) is 5.32 Å². The van der Waals surface area contributed by atoms with Gasteiger partial charge in [0, 0.05) is 0 Å². The second kappa shape index (κ2) is 7.40. The van der Waals surface area contributed by atoms with Crippen LogP contribution in [0.4, 0.5) is 5.69 Å². The molecule has 21 heavy (non-hydrogen) atoms. The Hall–Kier alpha value is -2.40. The van der Waals surface area contributed by atoms with Crippen molar-refractivity contribution in [3.8, 4) is 5.75 Å². The fraction of sp³-hybridized carbons (Fsp3) is 0.125. The van der Waals surface area contributed by atoms with Crippen molar-refractivity contribution in [2.24, 2.45) is 5.73 Å². The third kappa shape index (κ3) is 4.89. The first-order valence-electron chi connectivity index (χ1n) is 6.49. The summed E-state index contributed by atoms with van der Waals surface area (Å²) in [5.41, 5.74) is 6.97. The van der Waals surface area contributed by atoms with E-state index in [-0.39, 0.29) is 17.5 Å². The van der Waals surface area contributed by atoms with E-state index in [0.717, 1.165) is 5.56 Å². The molecular formula is C16H16N2O2S. The summed E-state index contributed by atoms with van der Waals surface area (Å²) in [6.07, 6.45) is 0.310. The van der Waals surface area contributed by atoms with Crippen LogP contribution in [-0.4, -0.2) is 17.5 Å². The van der Waals surface area contributed by atoms with Gasteiger partial charge in [-0.05, 0) is 17.7 Å². The molecule has 0 saturated heterocycles. The molecule has 0 aliphatic rings. The topological polar surface area (TPSA) is 64.3 Å². The first-order valence-corrected chi connectivity index (χ1v) is 6.90. The first-order chi connectivity index (χ1) is 10.1. The number of benzene rings is 2. The molecule has 0 radical (unpaired) electrons. The second-order valence-corrected chi connectivity index (χ2v) is 4.99. The van der Waals surface area contributed by atoms with Crippen LogP contribution in [0.25, 0.3) is 0 Å². The molecule has 0 fully saturated rings. The Morgan fingerprint density at radius 3 is 2.48 bits per heavy atom. The number of ether oxygens (including phenoxy) is 1. The molecule has 4 nitrogen and oxygen atoms in total. The molecule has 3 N–H and O–H groups in total. The van der Waals surface area contributed by atoms with Crippen LogP contribution in [0, 0.1) is 0 Å². The van der Waals surface area contributed by atoms with Gasteiger partial charge in [-0.1, -0.05) is 54.7 Å². The predicted octanol–water partition coefficient (Wildman–Crippen LogP) is 2.53. The zero-order valence-electron chi connectivity index (χ0n) is 11.4. The lowest BCUT2D eigenvalue weighted by Crippen LogP contribution is -2.19. The van der Waals surface area contributed by atoms with E-state index in [1.165, 1.54) is 0 Å². The van der Waals surface area contributed by atoms with Crippen LogP contribution in [0.1, 0.15) is 5.56 Å². The minimum absolute atomic E-state index is 0.104. The van der Waals surface area contributed by atoms with Crippen LogP contribution in [0.3, 0.4) is 0 Å². The average molecular weight is 300 g/mol. The minimum Gasteiger partial charge on any atom is -0.484 e. The summed E-state index contributed by atoms with van der Waals surface area (Å²) in [6, 6.07) is 16.7. The smallest absolute Gasteiger partial charge is 0.228 e. The van der Waals surface area contributed by atoms with E-state index in [4.69, 9.17) is 22.7 Å². The maximum atomic E-state index is 12.1. The Morgan fingerprint density at radius 1 is 1.10 bits per heavy atom. The summed E-state index contributed by atoms with van der Waals surface area (Å²) >= 11 is 4.78. The molecule has 108 valence electrons. The highest BCUT2D eigenvalue weighted by atomic mass is 32.1. The Balaban J connectivity index is 2.01. The molecule has 0 atom stereocenters. The molecule has 0 heterocycles. The summed E-state index contributed by atoms with van der Waals surface area (Å²) < 4.78 is 5.47. The Kier molecular flexibility index (Phi) is 5.29. The van der Waals surface area contributed by atoms with E-state index in [1.54, 1.807) is 12.1 Å². The quantitative estimate of drug-likeness (QED) is 0.805. The number of carbonyl (C=O) groups is 1. The molecule has 0 bridgehead atoms. The number of para-hydroxylation sites is 2. The van der Waals surface area contributed by atoms with Crippen molar-refractivity contribution in [1.82, 2.24) is 0 Å². The predicted molar refractivity (Wildman–Crippen MR) is 87.5 cm³/mol. The van der Waals surface area contributed by atoms with Gasteiger partial charge in [0.05, 0.1) is 12.1 Å². The van der Waals surface area contributed by atoms with Crippen LogP contribution in [-0.2, 0) is 11.2 Å². The van der Waals surface area contributed by atoms with Gasteiger partial charge in [0.1, 0.15) is 17.3 Å². The lowest BCUT2D eigenvalue weighted by atomic mass is 10.1. The maximum Gasteiger partial charge on any atom is 0.228 e. The molecule has 0 saturated carbocycles. The lowest BCUT2D eigenvalue weighted by molar-refractivity contribution is -0.115. The van der Waals surface area contributed by atoms with Crippen molar-refractivity contribution in [2.45, 2.75) is 6.42 Å². The number of hydrogen-bond acceptors (Lipinski definition) is 3. The molecule has 1 amide bonds. The van der Waals surface area contributed by atoms with Crippen molar-refractivity contribution in [2.75, 3.05) is 11.9 Å². The van der Waals surface area contributed by atoms with E-state index in [0.29, 0.717) is 17.9 Å². The van der Waals surface area contributed by atoms with Crippen molar-refractivity contribution in [1.29, 1.82) is 0 Å². The monoisotopic (exact) mass is 300 g/mol. The van der Waals surface area contributed by atoms with Gasteiger partial charge in [0.15, 0.2) is 0 Å². The number of nitrogens with two attached hydrogens (primary N) is 1. The third-order valence-corrected chi connectivity index (χ3v) is 2.86. The molecule has 5 heteroatoms. The van der Waals surface area contributed by atoms with Crippen molar-refractivity contribution >= 4 is 28.8 Å². The van der Waals surface area contributed by atoms with Gasteiger partial charge < -0.3 is 15.8 Å². The number of thiocarbonyl (C=S) groups is 1. The van der Waals surface area contributed by atoms with E-state index < -0.39 is 0 Å². The largest absolute Gasteiger partial charge is 0.484 e. The lowest BCUT2D eigenvalue weighted by Gasteiger charge is -2.12. The van der Waals surface area contributed by atoms with Crippen LogP contribution in [0.5, 0.6) is 5.75 Å². The summed E-state index contributed by atoms with van der Waals surface area (Å²) in [5, 5.41) is 2.83. The maximum absolute atomic E-state index is 12.1. The highest BCUT2D eigenvalue weighted by molar-refractivity contribution is 7.80. The summed E-state index contributed by atoms with van der Waals surface area (Å²) in [7, 11) is 0. The van der Waals surface area contributed by atoms with Gasteiger partial charge in [-0.25, -0.2) is 0 Å². The normalized spacial score (nSPS) is 9.90. The third-order valence-electron chi connectivity index (χ3n) is 2.74. The van der Waals surface area contributed by atoms with Gasteiger partial charge in [-0.15, -0.1) is 0 Å². The molecule has 2 rings (SSSR count). The van der Waals surface area contributed by atoms with Crippen molar-refractivity contribution in [3.63, 3.8) is 0 Å². The van der Waals surface area contributed by atoms with Gasteiger partial charge >= 0.3 is 0 Å². The highest BCUT2D eigenvalue weighted by Crippen LogP contribution is 2.23. The Bertz CT molecular complexity index is 629. The van der Waals surface area contributed by atoms with Crippen LogP contribution in [0.2, 0.25) is 0 Å². The molecule has 0 aliphatic heterocycles. The standard InChI is InChI=1S/C16H16N2O2S/c17-15(21)11-20-14-9-5-4-8-13(14)18-16(19)10-12-6-2-1-3-7-12/h1-9H,10-11H2,(H2,17,21)(H,18,19). The van der Waals surface area contributed by atoms with E-state index >= 15 is 0 Å². The van der Waals surface area contributed by atoms with E-state index in [9.17, 15) is 4.79 Å². The Labute approximate surface area is 128 Å². The second-order valence-electron chi connectivity index (χ2n) is 4.46. The van der Waals surface area contributed by atoms with Gasteiger partial charge in [0.2, 0.25) is 5.91 Å². The summed E-state index contributed by atoms with van der Waals surface area (Å²) in [5.74, 6) is 0.444. The van der Waals surface area contributed by atoms with Crippen molar-refractivity contribution in [3.05, 3.63) is 60.2 Å². The summed E-state index contributed by atoms with van der Waals surface area (Å²) in [4.78, 5) is 12.3.